The molecule has 6 nitrogen and oxygen atoms in total. The van der Waals surface area contributed by atoms with E-state index in [2.05, 4.69) is 141 Å². The summed E-state index contributed by atoms with van der Waals surface area (Å²) in [5.41, 5.74) is 11.0. The number of para-hydroxylation sites is 1. The molecule has 0 saturated carbocycles. The molecule has 214 valence electrons. The summed E-state index contributed by atoms with van der Waals surface area (Å²) in [4.78, 5) is 5.07. The van der Waals surface area contributed by atoms with Crippen LogP contribution in [-0.2, 0) is 5.66 Å². The van der Waals surface area contributed by atoms with Gasteiger partial charge in [0.2, 0.25) is 5.65 Å². The summed E-state index contributed by atoms with van der Waals surface area (Å²) < 4.78 is 16.8. The fourth-order valence-electron chi connectivity index (χ4n) is 9.24. The monoisotopic (exact) mass is 591 g/mol. The van der Waals surface area contributed by atoms with Crippen LogP contribution < -0.4 is 13.9 Å². The van der Waals surface area contributed by atoms with Gasteiger partial charge in [-0.25, -0.2) is 4.98 Å². The summed E-state index contributed by atoms with van der Waals surface area (Å²) in [6.45, 7) is 4.43. The van der Waals surface area contributed by atoms with Gasteiger partial charge in [0.1, 0.15) is 34.3 Å². The maximum atomic E-state index is 6.94. The van der Waals surface area contributed by atoms with Crippen LogP contribution in [0.3, 0.4) is 0 Å². The Labute approximate surface area is 262 Å². The number of aryl methyl sites for hydroxylation is 2. The van der Waals surface area contributed by atoms with Gasteiger partial charge < -0.3 is 4.74 Å². The molecule has 12 rings (SSSR count). The molecule has 1 atom stereocenters. The smallest absolute Gasteiger partial charge is 0.318 e. The number of fused-ring (bicyclic) bond motifs is 8. The average molecular weight is 592 g/mol. The molecular weight excluding hydrogens is 566 g/mol. The maximum Gasteiger partial charge on any atom is 0.318 e. The Morgan fingerprint density at radius 1 is 0.696 bits per heavy atom. The van der Waals surface area contributed by atoms with Crippen LogP contribution in [0.25, 0.3) is 66.3 Å². The summed E-state index contributed by atoms with van der Waals surface area (Å²) in [5.74, 6) is 2.91. The largest absolute Gasteiger partial charge is 0.456 e. The van der Waals surface area contributed by atoms with E-state index in [1.807, 2.05) is 6.20 Å². The van der Waals surface area contributed by atoms with E-state index >= 15 is 0 Å². The topological polar surface area (TPSA) is 39.2 Å². The van der Waals surface area contributed by atoms with Crippen molar-refractivity contribution in [3.8, 4) is 28.6 Å². The second-order valence-electron chi connectivity index (χ2n) is 12.9. The van der Waals surface area contributed by atoms with Gasteiger partial charge in [0.15, 0.2) is 11.2 Å². The van der Waals surface area contributed by atoms with Gasteiger partial charge in [0.25, 0.3) is 5.82 Å². The molecule has 5 aromatic heterocycles. The third-order valence-corrected chi connectivity index (χ3v) is 10.8. The van der Waals surface area contributed by atoms with Gasteiger partial charge in [0.05, 0.1) is 17.0 Å². The molecule has 0 N–H and O–H groups in total. The molecule has 0 saturated heterocycles. The van der Waals surface area contributed by atoms with Crippen LogP contribution in [0.4, 0.5) is 0 Å². The minimum atomic E-state index is -0.720. The van der Waals surface area contributed by atoms with Crippen molar-refractivity contribution < 1.29 is 13.9 Å². The van der Waals surface area contributed by atoms with Gasteiger partial charge in [-0.15, -0.1) is 0 Å². The van der Waals surface area contributed by atoms with Gasteiger partial charge in [0, 0.05) is 34.0 Å². The van der Waals surface area contributed by atoms with Crippen molar-refractivity contribution in [1.82, 2.24) is 14.0 Å². The van der Waals surface area contributed by atoms with E-state index in [4.69, 9.17) is 9.72 Å². The number of imidazole rings is 1. The number of nitrogens with zero attached hydrogens (tertiary/aromatic N) is 5. The van der Waals surface area contributed by atoms with E-state index in [0.717, 1.165) is 39.7 Å². The molecule has 0 radical (unpaired) electrons. The number of hydrogen-bond acceptors (Lipinski definition) is 2. The zero-order valence-electron chi connectivity index (χ0n) is 25.1. The van der Waals surface area contributed by atoms with Gasteiger partial charge in [-0.2, -0.15) is 18.1 Å². The first-order valence-corrected chi connectivity index (χ1v) is 15.8. The molecule has 1 spiro atoms. The van der Waals surface area contributed by atoms with Crippen LogP contribution in [0, 0.1) is 13.8 Å². The molecule has 3 aliphatic heterocycles. The van der Waals surface area contributed by atoms with Crippen molar-refractivity contribution in [3.63, 3.8) is 0 Å². The molecule has 0 amide bonds. The Balaban J connectivity index is 1.41. The number of pyridine rings is 3. The number of hydrogen-bond donors (Lipinski definition) is 0. The van der Waals surface area contributed by atoms with E-state index in [1.165, 1.54) is 60.4 Å². The van der Waals surface area contributed by atoms with Crippen molar-refractivity contribution in [2.24, 2.45) is 0 Å². The van der Waals surface area contributed by atoms with Gasteiger partial charge in [-0.05, 0) is 79.6 Å². The standard InChI is InChI=1S/C40H25N5O/c1-22-9-7-10-23(2)33(22)29-21-43-39-34-25(27-12-8-19-41-38(27)45(29)39)15-17-30-35(34)40(43)36-31(46-30)18-16-26-24-11-3-4-13-28(24)44(37(26)36)32-14-5-6-20-42(32)40/h3-21H,1-2H3/q+2. The lowest BCUT2D eigenvalue weighted by molar-refractivity contribution is -0.956. The van der Waals surface area contributed by atoms with Crippen molar-refractivity contribution in [2.45, 2.75) is 19.5 Å². The zero-order valence-corrected chi connectivity index (χ0v) is 25.1. The highest BCUT2D eigenvalue weighted by Crippen LogP contribution is 2.57. The molecule has 8 heterocycles. The lowest BCUT2D eigenvalue weighted by Crippen LogP contribution is -2.75. The molecule has 0 fully saturated rings. The van der Waals surface area contributed by atoms with Crippen molar-refractivity contribution in [2.75, 3.05) is 0 Å². The quantitative estimate of drug-likeness (QED) is 0.146. The minimum absolute atomic E-state index is 0.720. The Bertz CT molecular complexity index is 2910. The van der Waals surface area contributed by atoms with Crippen molar-refractivity contribution in [1.29, 1.82) is 0 Å². The average Bonchev–Trinajstić information content (AvgIpc) is 3.73. The SMILES string of the molecule is Cc1cccc(C)c1-c1c[n+]2c3c4c5c(ccc4c4cccnc4n13)Oc1ccc3c4ccccc4n4c3c1C52[n+]1ccccc1-4. The molecule has 0 bridgehead atoms. The highest BCUT2D eigenvalue weighted by Gasteiger charge is 2.65. The highest BCUT2D eigenvalue weighted by atomic mass is 16.5. The Morgan fingerprint density at radius 2 is 1.48 bits per heavy atom. The normalized spacial score (nSPS) is 16.7. The number of benzene rings is 4. The summed E-state index contributed by atoms with van der Waals surface area (Å²) in [6.07, 6.45) is 6.55. The van der Waals surface area contributed by atoms with Crippen molar-refractivity contribution >= 4 is 49.3 Å². The van der Waals surface area contributed by atoms with E-state index in [-0.39, 0.29) is 0 Å². The molecule has 1 unspecified atom stereocenters. The molecule has 6 heteroatoms. The highest BCUT2D eigenvalue weighted by molar-refractivity contribution is 6.16. The molecule has 4 aromatic carbocycles. The third-order valence-electron chi connectivity index (χ3n) is 10.8. The van der Waals surface area contributed by atoms with Gasteiger partial charge >= 0.3 is 11.3 Å². The fraction of sp³-hybridized carbons (Fsp3) is 0.0750. The lowest BCUT2D eigenvalue weighted by Gasteiger charge is -2.36. The number of ether oxygens (including phenoxy) is 1. The Morgan fingerprint density at radius 3 is 2.37 bits per heavy atom. The molecule has 9 aromatic rings. The van der Waals surface area contributed by atoms with Crippen LogP contribution in [0.15, 0.2) is 116 Å². The number of rotatable bonds is 1. The van der Waals surface area contributed by atoms with E-state index in [1.54, 1.807) is 0 Å². The van der Waals surface area contributed by atoms with Crippen LogP contribution in [0.5, 0.6) is 11.5 Å². The summed E-state index contributed by atoms with van der Waals surface area (Å²) in [5, 5.41) is 6.01. The first-order chi connectivity index (χ1) is 22.7. The van der Waals surface area contributed by atoms with E-state index in [9.17, 15) is 0 Å². The van der Waals surface area contributed by atoms with Gasteiger partial charge in [-0.3, -0.25) is 0 Å². The van der Waals surface area contributed by atoms with E-state index < -0.39 is 5.66 Å². The van der Waals surface area contributed by atoms with Crippen molar-refractivity contribution in [3.05, 3.63) is 138 Å². The zero-order chi connectivity index (χ0) is 30.1. The predicted molar refractivity (Wildman–Crippen MR) is 178 cm³/mol. The minimum Gasteiger partial charge on any atom is -0.456 e. The summed E-state index contributed by atoms with van der Waals surface area (Å²) >= 11 is 0. The van der Waals surface area contributed by atoms with Gasteiger partial charge in [-0.1, -0.05) is 36.4 Å². The maximum absolute atomic E-state index is 6.94. The molecular formula is C40H25N5O+2. The predicted octanol–water partition coefficient (Wildman–Crippen LogP) is 7.63. The summed E-state index contributed by atoms with van der Waals surface area (Å²) in [6, 6.07) is 35.0. The Hall–Kier alpha value is -6.01. The molecule has 3 aliphatic rings. The fourth-order valence-corrected chi connectivity index (χ4v) is 9.24. The first kappa shape index (κ1) is 23.4. The van der Waals surface area contributed by atoms with Crippen LogP contribution in [-0.4, -0.2) is 14.0 Å². The molecule has 0 aliphatic carbocycles. The lowest BCUT2D eigenvalue weighted by atomic mass is 9.83. The van der Waals surface area contributed by atoms with Crippen LogP contribution in [0.1, 0.15) is 22.3 Å². The van der Waals surface area contributed by atoms with E-state index in [0.29, 0.717) is 0 Å². The van der Waals surface area contributed by atoms with Crippen LogP contribution in [0.2, 0.25) is 0 Å². The number of aromatic nitrogens is 5. The Kier molecular flexibility index (Phi) is 3.78. The summed E-state index contributed by atoms with van der Waals surface area (Å²) in [7, 11) is 0. The molecule has 46 heavy (non-hydrogen) atoms. The third kappa shape index (κ3) is 2.28. The first-order valence-electron chi connectivity index (χ1n) is 15.8. The second kappa shape index (κ2) is 7.44. The second-order valence-corrected chi connectivity index (χ2v) is 12.9. The van der Waals surface area contributed by atoms with Crippen LogP contribution >= 0.6 is 0 Å².